The van der Waals surface area contributed by atoms with Crippen LogP contribution >= 0.6 is 0 Å². The summed E-state index contributed by atoms with van der Waals surface area (Å²) in [5.74, 6) is 5.99. The van der Waals surface area contributed by atoms with E-state index in [0.29, 0.717) is 17.8 Å². The van der Waals surface area contributed by atoms with Crippen LogP contribution in [0.1, 0.15) is 27.9 Å². The van der Waals surface area contributed by atoms with Crippen molar-refractivity contribution in [2.75, 3.05) is 11.9 Å². The SMILES string of the molecule is Cc1cc(C(=O)Nc2cnccn2)ccc1C#CCCO. The van der Waals surface area contributed by atoms with Crippen LogP contribution in [0, 0.1) is 18.8 Å². The number of aryl methyl sites for hydroxylation is 1. The Balaban J connectivity index is 2.13. The van der Waals surface area contributed by atoms with Crippen molar-refractivity contribution in [3.05, 3.63) is 53.5 Å². The minimum absolute atomic E-state index is 0.0463. The van der Waals surface area contributed by atoms with Crippen LogP contribution < -0.4 is 5.32 Å². The standard InChI is InChI=1S/C16H15N3O2/c1-12-10-14(6-5-13(12)4-2-3-9-20)16(21)19-15-11-17-7-8-18-15/h5-8,10-11,20H,3,9H2,1H3,(H,18,19,21). The summed E-state index contributed by atoms with van der Waals surface area (Å²) in [7, 11) is 0. The number of nitrogens with zero attached hydrogens (tertiary/aromatic N) is 2. The lowest BCUT2D eigenvalue weighted by Gasteiger charge is -2.05. The summed E-state index contributed by atoms with van der Waals surface area (Å²) in [6.07, 6.45) is 4.98. The molecule has 0 aliphatic heterocycles. The molecule has 5 heteroatoms. The minimum Gasteiger partial charge on any atom is -0.395 e. The van der Waals surface area contributed by atoms with Gasteiger partial charge in [-0.15, -0.1) is 0 Å². The Morgan fingerprint density at radius 1 is 1.38 bits per heavy atom. The normalized spacial score (nSPS) is 9.62. The number of carbonyl (C=O) groups is 1. The van der Waals surface area contributed by atoms with E-state index in [9.17, 15) is 4.79 Å². The number of rotatable bonds is 3. The van der Waals surface area contributed by atoms with Crippen LogP contribution in [0.25, 0.3) is 0 Å². The molecule has 5 nitrogen and oxygen atoms in total. The number of carbonyl (C=O) groups excluding carboxylic acids is 1. The molecule has 0 radical (unpaired) electrons. The highest BCUT2D eigenvalue weighted by Gasteiger charge is 2.08. The van der Waals surface area contributed by atoms with Gasteiger partial charge in [0, 0.05) is 29.9 Å². The molecule has 1 amide bonds. The van der Waals surface area contributed by atoms with Gasteiger partial charge in [-0.25, -0.2) is 4.98 Å². The number of hydrogen-bond donors (Lipinski definition) is 2. The van der Waals surface area contributed by atoms with Crippen LogP contribution in [0.2, 0.25) is 0 Å². The molecule has 0 bridgehead atoms. The summed E-state index contributed by atoms with van der Waals surface area (Å²) >= 11 is 0. The van der Waals surface area contributed by atoms with Gasteiger partial charge in [-0.2, -0.15) is 0 Å². The molecule has 1 aromatic carbocycles. The lowest BCUT2D eigenvalue weighted by Crippen LogP contribution is -2.13. The van der Waals surface area contributed by atoms with Crippen LogP contribution in [0.3, 0.4) is 0 Å². The van der Waals surface area contributed by atoms with E-state index in [1.54, 1.807) is 24.4 Å². The number of benzene rings is 1. The molecule has 0 aliphatic carbocycles. The molecule has 2 aromatic rings. The summed E-state index contributed by atoms with van der Waals surface area (Å²) in [6.45, 7) is 1.94. The van der Waals surface area contributed by atoms with E-state index >= 15 is 0 Å². The molecule has 1 heterocycles. The zero-order chi connectivity index (χ0) is 15.1. The van der Waals surface area contributed by atoms with Gasteiger partial charge < -0.3 is 10.4 Å². The Hall–Kier alpha value is -2.71. The van der Waals surface area contributed by atoms with Gasteiger partial charge in [0.1, 0.15) is 0 Å². The Bertz CT molecular complexity index is 688. The van der Waals surface area contributed by atoms with Crippen molar-refractivity contribution in [1.82, 2.24) is 9.97 Å². The summed E-state index contributed by atoms with van der Waals surface area (Å²) in [4.78, 5) is 20.0. The Kier molecular flexibility index (Phi) is 5.02. The smallest absolute Gasteiger partial charge is 0.256 e. The molecule has 0 saturated carbocycles. The second kappa shape index (κ2) is 7.17. The highest BCUT2D eigenvalue weighted by Crippen LogP contribution is 2.12. The lowest BCUT2D eigenvalue weighted by molar-refractivity contribution is 0.102. The van der Waals surface area contributed by atoms with Gasteiger partial charge in [0.25, 0.3) is 5.91 Å². The van der Waals surface area contributed by atoms with E-state index in [4.69, 9.17) is 5.11 Å². The molecule has 0 fully saturated rings. The molecule has 1 aromatic heterocycles. The van der Waals surface area contributed by atoms with E-state index in [1.807, 2.05) is 6.92 Å². The first-order valence-corrected chi connectivity index (χ1v) is 6.48. The predicted molar refractivity (Wildman–Crippen MR) is 79.7 cm³/mol. The Labute approximate surface area is 123 Å². The van der Waals surface area contributed by atoms with E-state index in [0.717, 1.165) is 11.1 Å². The fourth-order valence-corrected chi connectivity index (χ4v) is 1.71. The van der Waals surface area contributed by atoms with Gasteiger partial charge in [0.15, 0.2) is 5.82 Å². The monoisotopic (exact) mass is 281 g/mol. The maximum Gasteiger partial charge on any atom is 0.256 e. The van der Waals surface area contributed by atoms with E-state index in [1.165, 1.54) is 12.4 Å². The molecule has 0 spiro atoms. The van der Waals surface area contributed by atoms with Crippen molar-refractivity contribution < 1.29 is 9.90 Å². The second-order valence-electron chi connectivity index (χ2n) is 4.35. The Morgan fingerprint density at radius 3 is 2.90 bits per heavy atom. The second-order valence-corrected chi connectivity index (χ2v) is 4.35. The van der Waals surface area contributed by atoms with E-state index < -0.39 is 0 Å². The van der Waals surface area contributed by atoms with Crippen LogP contribution in [0.5, 0.6) is 0 Å². The van der Waals surface area contributed by atoms with Crippen molar-refractivity contribution >= 4 is 11.7 Å². The number of anilines is 1. The van der Waals surface area contributed by atoms with E-state index in [2.05, 4.69) is 27.1 Å². The highest BCUT2D eigenvalue weighted by atomic mass is 16.2. The summed E-state index contributed by atoms with van der Waals surface area (Å²) in [6, 6.07) is 5.28. The summed E-state index contributed by atoms with van der Waals surface area (Å²) < 4.78 is 0. The largest absolute Gasteiger partial charge is 0.395 e. The van der Waals surface area contributed by atoms with Gasteiger partial charge in [0.05, 0.1) is 12.8 Å². The van der Waals surface area contributed by atoms with Crippen molar-refractivity contribution in [2.24, 2.45) is 0 Å². The van der Waals surface area contributed by atoms with Crippen LogP contribution in [0.4, 0.5) is 5.82 Å². The highest BCUT2D eigenvalue weighted by molar-refractivity contribution is 6.03. The third-order valence-electron chi connectivity index (χ3n) is 2.75. The number of hydrogen-bond acceptors (Lipinski definition) is 4. The van der Waals surface area contributed by atoms with Crippen molar-refractivity contribution in [2.45, 2.75) is 13.3 Å². The molecular weight excluding hydrogens is 266 g/mol. The zero-order valence-electron chi connectivity index (χ0n) is 11.6. The first-order valence-electron chi connectivity index (χ1n) is 6.48. The maximum atomic E-state index is 12.1. The third-order valence-corrected chi connectivity index (χ3v) is 2.75. The molecule has 0 atom stereocenters. The number of aliphatic hydroxyl groups is 1. The Morgan fingerprint density at radius 2 is 2.24 bits per heavy atom. The fourth-order valence-electron chi connectivity index (χ4n) is 1.71. The third kappa shape index (κ3) is 4.13. The van der Waals surface area contributed by atoms with E-state index in [-0.39, 0.29) is 12.5 Å². The number of aromatic nitrogens is 2. The maximum absolute atomic E-state index is 12.1. The van der Waals surface area contributed by atoms with Crippen LogP contribution in [0.15, 0.2) is 36.8 Å². The summed E-state index contributed by atoms with van der Waals surface area (Å²) in [5, 5.41) is 11.4. The minimum atomic E-state index is -0.242. The molecule has 0 aliphatic rings. The zero-order valence-corrected chi connectivity index (χ0v) is 11.6. The molecule has 106 valence electrons. The lowest BCUT2D eigenvalue weighted by atomic mass is 10.0. The van der Waals surface area contributed by atoms with Gasteiger partial charge in [-0.1, -0.05) is 11.8 Å². The first-order chi connectivity index (χ1) is 10.2. The van der Waals surface area contributed by atoms with Crippen molar-refractivity contribution in [1.29, 1.82) is 0 Å². The van der Waals surface area contributed by atoms with Crippen LogP contribution in [-0.2, 0) is 0 Å². The molecule has 0 saturated heterocycles. The molecule has 21 heavy (non-hydrogen) atoms. The topological polar surface area (TPSA) is 75.1 Å². The van der Waals surface area contributed by atoms with Gasteiger partial charge >= 0.3 is 0 Å². The first kappa shape index (κ1) is 14.7. The van der Waals surface area contributed by atoms with Gasteiger partial charge in [0.2, 0.25) is 0 Å². The molecule has 0 unspecified atom stereocenters. The van der Waals surface area contributed by atoms with Crippen LogP contribution in [-0.4, -0.2) is 27.6 Å². The van der Waals surface area contributed by atoms with Crippen molar-refractivity contribution in [3.63, 3.8) is 0 Å². The molecular formula is C16H15N3O2. The fraction of sp³-hybridized carbons (Fsp3) is 0.188. The van der Waals surface area contributed by atoms with Gasteiger partial charge in [-0.3, -0.25) is 9.78 Å². The quantitative estimate of drug-likeness (QED) is 0.841. The van der Waals surface area contributed by atoms with Gasteiger partial charge in [-0.05, 0) is 30.7 Å². The number of aliphatic hydroxyl groups excluding tert-OH is 1. The average Bonchev–Trinajstić information content (AvgIpc) is 2.50. The molecule has 2 rings (SSSR count). The summed E-state index contributed by atoms with van der Waals surface area (Å²) in [5.41, 5.74) is 2.29. The number of amides is 1. The molecule has 2 N–H and O–H groups in total. The van der Waals surface area contributed by atoms with Crippen molar-refractivity contribution in [3.8, 4) is 11.8 Å². The number of nitrogens with one attached hydrogen (secondary N) is 1. The average molecular weight is 281 g/mol. The predicted octanol–water partition coefficient (Wildman–Crippen LogP) is 1.77.